The molecular weight excluding hydrogens is 610 g/mol. The number of carbonyl (C=O) groups is 4. The van der Waals surface area contributed by atoms with Crippen molar-refractivity contribution in [2.24, 2.45) is 57.2 Å². The number of ether oxygens (including phenoxy) is 1. The maximum absolute atomic E-state index is 14.2. The molecule has 0 aromatic heterocycles. The Morgan fingerprint density at radius 3 is 2.19 bits per heavy atom. The van der Waals surface area contributed by atoms with Gasteiger partial charge in [-0.25, -0.2) is 0 Å². The minimum absolute atomic E-state index is 0.0107. The number of nitrogens with one attached hydrogen (secondary N) is 1. The number of allylic oxidation sites excluding steroid dienone is 2. The Hall–Kier alpha value is -2.47. The molecule has 1 aromatic carbocycles. The van der Waals surface area contributed by atoms with Gasteiger partial charge in [0.15, 0.2) is 11.6 Å². The first kappa shape index (κ1) is 34.4. The molecule has 1 N–H and O–H groups in total. The summed E-state index contributed by atoms with van der Waals surface area (Å²) in [5.74, 6) is -0.168. The Morgan fingerprint density at radius 1 is 0.894 bits per heavy atom. The van der Waals surface area contributed by atoms with Gasteiger partial charge in [0.25, 0.3) is 5.91 Å². The van der Waals surface area contributed by atoms with Crippen LogP contribution in [0.5, 0.6) is 0 Å². The number of halogens is 1. The highest BCUT2D eigenvalue weighted by Crippen LogP contribution is 2.75. The molecule has 0 radical (unpaired) electrons. The summed E-state index contributed by atoms with van der Waals surface area (Å²) in [6.45, 7) is 17.8. The summed E-state index contributed by atoms with van der Waals surface area (Å²) in [4.78, 5) is 52.9. The highest BCUT2D eigenvalue weighted by molar-refractivity contribution is 6.30. The van der Waals surface area contributed by atoms with Gasteiger partial charge in [-0.15, -0.1) is 0 Å². The maximum atomic E-state index is 14.2. The minimum Gasteiger partial charge on any atom is -0.462 e. The largest absolute Gasteiger partial charge is 0.462 e. The summed E-state index contributed by atoms with van der Waals surface area (Å²) in [5, 5.41) is 3.32. The predicted molar refractivity (Wildman–Crippen MR) is 184 cm³/mol. The van der Waals surface area contributed by atoms with Gasteiger partial charge in [-0.3, -0.25) is 19.2 Å². The molecule has 6 nitrogen and oxygen atoms in total. The van der Waals surface area contributed by atoms with Gasteiger partial charge in [-0.1, -0.05) is 65.6 Å². The molecule has 47 heavy (non-hydrogen) atoms. The van der Waals surface area contributed by atoms with Gasteiger partial charge < -0.3 is 10.1 Å². The summed E-state index contributed by atoms with van der Waals surface area (Å²) in [5.41, 5.74) is 2.78. The van der Waals surface area contributed by atoms with Crippen molar-refractivity contribution in [2.45, 2.75) is 113 Å². The number of rotatable bonds is 6. The van der Waals surface area contributed by atoms with E-state index in [0.717, 1.165) is 56.9 Å². The average Bonchev–Trinajstić information content (AvgIpc) is 3.29. The molecule has 4 saturated carbocycles. The van der Waals surface area contributed by atoms with Crippen LogP contribution in [0.4, 0.5) is 0 Å². The summed E-state index contributed by atoms with van der Waals surface area (Å²) in [7, 11) is 0. The van der Waals surface area contributed by atoms with Crippen molar-refractivity contribution >= 4 is 35.0 Å². The zero-order valence-electron chi connectivity index (χ0n) is 29.6. The molecule has 0 heterocycles. The SMILES string of the molecule is CC(=O)O[C@H]1CC[C@]2(C)[C@H]3CC[C@@H]4C5=C(C(C)C)C(=O)[C@@H](C(=O)CNC(=O)c6ccc(Cl)cc6)C5CC[C@@]4(C)[C@]3(C)CC[C@H]2C1(C)C. The van der Waals surface area contributed by atoms with Crippen LogP contribution in [0.15, 0.2) is 35.4 Å². The Labute approximate surface area is 286 Å². The quantitative estimate of drug-likeness (QED) is 0.244. The second kappa shape index (κ2) is 11.8. The summed E-state index contributed by atoms with van der Waals surface area (Å²) < 4.78 is 5.91. The van der Waals surface area contributed by atoms with Gasteiger partial charge in [-0.05, 0) is 127 Å². The van der Waals surface area contributed by atoms with Crippen LogP contribution in [0.3, 0.4) is 0 Å². The molecule has 256 valence electrons. The fourth-order valence-corrected chi connectivity index (χ4v) is 12.5. The monoisotopic (exact) mass is 663 g/mol. The van der Waals surface area contributed by atoms with Crippen LogP contribution in [0.2, 0.25) is 5.02 Å². The Morgan fingerprint density at radius 2 is 1.55 bits per heavy atom. The predicted octanol–water partition coefficient (Wildman–Crippen LogP) is 8.41. The maximum Gasteiger partial charge on any atom is 0.302 e. The highest BCUT2D eigenvalue weighted by atomic mass is 35.5. The van der Waals surface area contributed by atoms with Gasteiger partial charge in [0, 0.05) is 22.9 Å². The van der Waals surface area contributed by atoms with Crippen LogP contribution in [0.1, 0.15) is 117 Å². The third kappa shape index (κ3) is 5.17. The van der Waals surface area contributed by atoms with Gasteiger partial charge >= 0.3 is 5.97 Å². The number of carbonyl (C=O) groups excluding carboxylic acids is 4. The standard InChI is InChI=1S/C40H54ClNO5/c1-22(2)32-33-26(34(35(32)45)28(44)21-42-36(46)24-9-11-25(41)12-10-24)15-19-39(7)27(33)13-14-30-38(6)18-17-31(47-23(3)43)37(4,5)29(38)16-20-40(30,39)8/h9-12,22,26-27,29-31,34H,13-21H2,1-8H3,(H,42,46)/t26?,27-,29+,30-,31+,34-,38+,39-,40-/m1/s1. The number of esters is 1. The van der Waals surface area contributed by atoms with Crippen molar-refractivity contribution in [3.63, 3.8) is 0 Å². The smallest absolute Gasteiger partial charge is 0.302 e. The molecule has 0 spiro atoms. The number of benzene rings is 1. The van der Waals surface area contributed by atoms with Gasteiger partial charge in [0.1, 0.15) is 6.10 Å². The lowest BCUT2D eigenvalue weighted by Crippen LogP contribution is -2.65. The second-order valence-corrected chi connectivity index (χ2v) is 17.7. The third-order valence-corrected chi connectivity index (χ3v) is 14.8. The van der Waals surface area contributed by atoms with E-state index in [1.54, 1.807) is 24.3 Å². The van der Waals surface area contributed by atoms with Gasteiger partial charge in [0.2, 0.25) is 0 Å². The molecule has 9 atom stereocenters. The fourth-order valence-electron chi connectivity index (χ4n) is 12.3. The van der Waals surface area contributed by atoms with E-state index in [9.17, 15) is 19.2 Å². The number of amides is 1. The Bertz CT molecular complexity index is 1510. The zero-order valence-corrected chi connectivity index (χ0v) is 30.4. The van der Waals surface area contributed by atoms with E-state index in [0.29, 0.717) is 22.4 Å². The highest BCUT2D eigenvalue weighted by Gasteiger charge is 2.69. The van der Waals surface area contributed by atoms with E-state index in [1.807, 2.05) is 0 Å². The molecule has 7 heteroatoms. The Balaban J connectivity index is 1.26. The van der Waals surface area contributed by atoms with E-state index in [1.165, 1.54) is 12.5 Å². The van der Waals surface area contributed by atoms with Crippen LogP contribution in [-0.2, 0) is 19.1 Å². The summed E-state index contributed by atoms with van der Waals surface area (Å²) >= 11 is 5.98. The second-order valence-electron chi connectivity index (χ2n) is 17.2. The van der Waals surface area contributed by atoms with Crippen LogP contribution < -0.4 is 5.32 Å². The van der Waals surface area contributed by atoms with Gasteiger partial charge in [0.05, 0.1) is 12.5 Å². The van der Waals surface area contributed by atoms with Crippen molar-refractivity contribution in [3.8, 4) is 0 Å². The molecule has 0 bridgehead atoms. The number of fused-ring (bicyclic) bond motifs is 7. The lowest BCUT2D eigenvalue weighted by atomic mass is 9.33. The summed E-state index contributed by atoms with van der Waals surface area (Å²) in [6.07, 6.45) is 8.15. The first-order valence-corrected chi connectivity index (χ1v) is 18.4. The third-order valence-electron chi connectivity index (χ3n) is 14.6. The molecule has 1 aromatic rings. The van der Waals surface area contributed by atoms with Crippen molar-refractivity contribution in [1.29, 1.82) is 0 Å². The average molecular weight is 664 g/mol. The van der Waals surface area contributed by atoms with E-state index < -0.39 is 5.92 Å². The lowest BCUT2D eigenvalue weighted by molar-refractivity contribution is -0.231. The molecule has 4 fully saturated rings. The number of Topliss-reactive ketones (excluding diaryl/α,β-unsaturated/α-hetero) is 2. The van der Waals surface area contributed by atoms with Crippen LogP contribution in [0, 0.1) is 57.2 Å². The lowest BCUT2D eigenvalue weighted by Gasteiger charge is -2.71. The molecule has 5 aliphatic carbocycles. The van der Waals surface area contributed by atoms with E-state index in [4.69, 9.17) is 16.3 Å². The van der Waals surface area contributed by atoms with Crippen molar-refractivity contribution in [3.05, 3.63) is 46.0 Å². The van der Waals surface area contributed by atoms with Crippen LogP contribution in [0.25, 0.3) is 0 Å². The molecule has 1 amide bonds. The minimum atomic E-state index is -0.714. The Kier molecular flexibility index (Phi) is 8.67. The van der Waals surface area contributed by atoms with Crippen molar-refractivity contribution in [2.75, 3.05) is 6.54 Å². The molecule has 0 aliphatic heterocycles. The number of hydrogen-bond acceptors (Lipinski definition) is 5. The molecular formula is C40H54ClNO5. The topological polar surface area (TPSA) is 89.5 Å². The molecule has 1 unspecified atom stereocenters. The van der Waals surface area contributed by atoms with Crippen molar-refractivity contribution < 1.29 is 23.9 Å². The first-order valence-electron chi connectivity index (χ1n) is 18.0. The van der Waals surface area contributed by atoms with E-state index in [2.05, 4.69) is 53.8 Å². The van der Waals surface area contributed by atoms with E-state index >= 15 is 0 Å². The van der Waals surface area contributed by atoms with Crippen LogP contribution in [-0.4, -0.2) is 36.1 Å². The molecule has 5 aliphatic rings. The molecule has 0 saturated heterocycles. The van der Waals surface area contributed by atoms with Crippen molar-refractivity contribution in [1.82, 2.24) is 5.32 Å². The number of ketones is 2. The zero-order chi connectivity index (χ0) is 34.3. The van der Waals surface area contributed by atoms with E-state index in [-0.39, 0.29) is 75.5 Å². The van der Waals surface area contributed by atoms with Crippen LogP contribution >= 0.6 is 11.6 Å². The first-order chi connectivity index (χ1) is 22.0. The summed E-state index contributed by atoms with van der Waals surface area (Å²) in [6, 6.07) is 6.58. The number of hydrogen-bond donors (Lipinski definition) is 1. The fraction of sp³-hybridized carbons (Fsp3) is 0.700. The molecule has 6 rings (SSSR count). The van der Waals surface area contributed by atoms with Gasteiger partial charge in [-0.2, -0.15) is 0 Å². The normalized spacial score (nSPS) is 39.0.